The molecule has 0 amide bonds. The van der Waals surface area contributed by atoms with E-state index in [0.29, 0.717) is 25.4 Å². The quantitative estimate of drug-likeness (QED) is 0.328. The average molecular weight is 260 g/mol. The summed E-state index contributed by atoms with van der Waals surface area (Å²) in [5.41, 5.74) is 8.06. The van der Waals surface area contributed by atoms with Gasteiger partial charge in [0.1, 0.15) is 0 Å². The Morgan fingerprint density at radius 3 is 2.65 bits per heavy atom. The molecular formula is C10H20N4O2S. The minimum absolute atomic E-state index is 0.245. The lowest BCUT2D eigenvalue weighted by atomic mass is 9.91. The van der Waals surface area contributed by atoms with E-state index in [1.165, 1.54) is 6.42 Å². The summed E-state index contributed by atoms with van der Waals surface area (Å²) >= 11 is 0. The van der Waals surface area contributed by atoms with Gasteiger partial charge in [-0.2, -0.15) is 0 Å². The molecule has 0 bridgehead atoms. The van der Waals surface area contributed by atoms with Crippen LogP contribution in [-0.2, 0) is 10.0 Å². The number of nitrogens with one attached hydrogen (secondary N) is 1. The number of hydrogen-bond acceptors (Lipinski definition) is 3. The normalized spacial score (nSPS) is 17.6. The first-order valence-electron chi connectivity index (χ1n) is 6.12. The molecule has 1 fully saturated rings. The molecule has 1 rings (SSSR count). The van der Waals surface area contributed by atoms with Crippen LogP contribution in [0.5, 0.6) is 0 Å². The van der Waals surface area contributed by atoms with Crippen molar-refractivity contribution in [2.75, 3.05) is 18.8 Å². The molecule has 0 aromatic rings. The molecule has 0 unspecified atom stereocenters. The molecule has 1 saturated carbocycles. The Kier molecular flexibility index (Phi) is 6.32. The fourth-order valence-corrected chi connectivity index (χ4v) is 3.67. The van der Waals surface area contributed by atoms with Gasteiger partial charge in [-0.25, -0.2) is 13.1 Å². The first kappa shape index (κ1) is 14.3. The van der Waals surface area contributed by atoms with Crippen LogP contribution in [0.15, 0.2) is 5.11 Å². The lowest BCUT2D eigenvalue weighted by Gasteiger charge is -2.21. The second-order valence-electron chi connectivity index (χ2n) is 4.49. The van der Waals surface area contributed by atoms with E-state index in [2.05, 4.69) is 14.7 Å². The zero-order valence-electron chi connectivity index (χ0n) is 10.0. The molecule has 0 aliphatic heterocycles. The number of sulfonamides is 1. The number of hydrogen-bond donors (Lipinski definition) is 1. The summed E-state index contributed by atoms with van der Waals surface area (Å²) in [4.78, 5) is 2.61. The van der Waals surface area contributed by atoms with Gasteiger partial charge in [0.15, 0.2) is 0 Å². The van der Waals surface area contributed by atoms with Crippen LogP contribution in [0, 0.1) is 5.92 Å². The van der Waals surface area contributed by atoms with Crippen LogP contribution in [0.25, 0.3) is 10.4 Å². The minimum atomic E-state index is -3.15. The van der Waals surface area contributed by atoms with Crippen LogP contribution >= 0.6 is 0 Å². The van der Waals surface area contributed by atoms with Crippen molar-refractivity contribution < 1.29 is 8.42 Å². The standard InChI is InChI=1S/C10H20N4O2S/c11-14-12-7-4-8-13-17(15,16)9-10-5-2-1-3-6-10/h10,13H,1-9H2. The van der Waals surface area contributed by atoms with E-state index in [9.17, 15) is 8.42 Å². The van der Waals surface area contributed by atoms with E-state index >= 15 is 0 Å². The Labute approximate surface area is 102 Å². The highest BCUT2D eigenvalue weighted by Gasteiger charge is 2.20. The topological polar surface area (TPSA) is 94.9 Å². The molecule has 0 atom stereocenters. The van der Waals surface area contributed by atoms with Crippen molar-refractivity contribution in [2.24, 2.45) is 11.0 Å². The zero-order valence-corrected chi connectivity index (χ0v) is 10.8. The third kappa shape index (κ3) is 6.51. The van der Waals surface area contributed by atoms with Gasteiger partial charge in [-0.05, 0) is 30.7 Å². The summed E-state index contributed by atoms with van der Waals surface area (Å²) in [6.07, 6.45) is 6.14. The number of nitrogens with zero attached hydrogens (tertiary/aromatic N) is 3. The molecule has 7 heteroatoms. The lowest BCUT2D eigenvalue weighted by Crippen LogP contribution is -2.31. The molecule has 6 nitrogen and oxygen atoms in total. The van der Waals surface area contributed by atoms with E-state index in [0.717, 1.165) is 25.7 Å². The highest BCUT2D eigenvalue weighted by Crippen LogP contribution is 2.24. The Bertz CT molecular complexity index is 357. The van der Waals surface area contributed by atoms with E-state index in [-0.39, 0.29) is 5.75 Å². The van der Waals surface area contributed by atoms with Crippen LogP contribution in [0.1, 0.15) is 38.5 Å². The first-order chi connectivity index (χ1) is 8.14. The van der Waals surface area contributed by atoms with E-state index in [1.807, 2.05) is 0 Å². The van der Waals surface area contributed by atoms with Crippen molar-refractivity contribution in [3.63, 3.8) is 0 Å². The number of azide groups is 1. The molecule has 0 spiro atoms. The minimum Gasteiger partial charge on any atom is -0.215 e. The van der Waals surface area contributed by atoms with Gasteiger partial charge >= 0.3 is 0 Å². The summed E-state index contributed by atoms with van der Waals surface area (Å²) in [6, 6.07) is 0. The predicted octanol–water partition coefficient (Wildman–Crippen LogP) is 2.19. The molecule has 0 saturated heterocycles. The van der Waals surface area contributed by atoms with Crippen LogP contribution in [0.3, 0.4) is 0 Å². The summed E-state index contributed by atoms with van der Waals surface area (Å²) in [6.45, 7) is 0.691. The smallest absolute Gasteiger partial charge is 0.211 e. The molecule has 98 valence electrons. The summed E-state index contributed by atoms with van der Waals surface area (Å²) in [5.74, 6) is 0.563. The van der Waals surface area contributed by atoms with Crippen LogP contribution < -0.4 is 4.72 Å². The van der Waals surface area contributed by atoms with Crippen molar-refractivity contribution in [1.82, 2.24) is 4.72 Å². The van der Waals surface area contributed by atoms with Crippen molar-refractivity contribution in [3.8, 4) is 0 Å². The van der Waals surface area contributed by atoms with Crippen molar-refractivity contribution in [2.45, 2.75) is 38.5 Å². The van der Waals surface area contributed by atoms with Gasteiger partial charge in [-0.3, -0.25) is 0 Å². The highest BCUT2D eigenvalue weighted by atomic mass is 32.2. The van der Waals surface area contributed by atoms with Crippen LogP contribution in [0.4, 0.5) is 0 Å². The van der Waals surface area contributed by atoms with Crippen LogP contribution in [0.2, 0.25) is 0 Å². The molecular weight excluding hydrogens is 240 g/mol. The van der Waals surface area contributed by atoms with Crippen molar-refractivity contribution in [3.05, 3.63) is 10.4 Å². The Morgan fingerprint density at radius 2 is 2.00 bits per heavy atom. The van der Waals surface area contributed by atoms with Crippen molar-refractivity contribution in [1.29, 1.82) is 0 Å². The van der Waals surface area contributed by atoms with Crippen molar-refractivity contribution >= 4 is 10.0 Å². The summed E-state index contributed by atoms with van der Waals surface area (Å²) < 4.78 is 26.0. The monoisotopic (exact) mass is 260 g/mol. The molecule has 0 heterocycles. The predicted molar refractivity (Wildman–Crippen MR) is 67.0 cm³/mol. The Morgan fingerprint density at radius 1 is 1.29 bits per heavy atom. The van der Waals surface area contributed by atoms with Crippen LogP contribution in [-0.4, -0.2) is 27.3 Å². The Balaban J connectivity index is 2.22. The molecule has 0 radical (unpaired) electrons. The van der Waals surface area contributed by atoms with E-state index in [1.54, 1.807) is 0 Å². The third-order valence-corrected chi connectivity index (χ3v) is 4.55. The fraction of sp³-hybridized carbons (Fsp3) is 1.00. The maximum Gasteiger partial charge on any atom is 0.211 e. The summed E-state index contributed by atoms with van der Waals surface area (Å²) in [5, 5.41) is 3.35. The van der Waals surface area contributed by atoms with E-state index < -0.39 is 10.0 Å². The number of rotatable bonds is 7. The van der Waals surface area contributed by atoms with Gasteiger partial charge in [0, 0.05) is 18.0 Å². The molecule has 1 N–H and O–H groups in total. The fourth-order valence-electron chi connectivity index (χ4n) is 2.15. The second-order valence-corrected chi connectivity index (χ2v) is 6.34. The zero-order chi connectivity index (χ0) is 12.6. The maximum atomic E-state index is 11.7. The van der Waals surface area contributed by atoms with Gasteiger partial charge in [0.05, 0.1) is 5.75 Å². The Hall–Kier alpha value is -0.780. The molecule has 1 aliphatic carbocycles. The SMILES string of the molecule is [N-]=[N+]=NCCCNS(=O)(=O)CC1CCCCC1. The molecule has 17 heavy (non-hydrogen) atoms. The molecule has 0 aromatic carbocycles. The summed E-state index contributed by atoms with van der Waals surface area (Å²) in [7, 11) is -3.15. The largest absolute Gasteiger partial charge is 0.215 e. The maximum absolute atomic E-state index is 11.7. The average Bonchev–Trinajstić information content (AvgIpc) is 2.29. The van der Waals surface area contributed by atoms with Gasteiger partial charge in [-0.15, -0.1) is 0 Å². The molecule has 0 aromatic heterocycles. The first-order valence-corrected chi connectivity index (χ1v) is 7.77. The van der Waals surface area contributed by atoms with Gasteiger partial charge in [-0.1, -0.05) is 24.4 Å². The highest BCUT2D eigenvalue weighted by molar-refractivity contribution is 7.89. The third-order valence-electron chi connectivity index (χ3n) is 3.00. The van der Waals surface area contributed by atoms with E-state index in [4.69, 9.17) is 5.53 Å². The second kappa shape index (κ2) is 7.53. The molecule has 1 aliphatic rings. The van der Waals surface area contributed by atoms with Gasteiger partial charge < -0.3 is 0 Å². The van der Waals surface area contributed by atoms with Gasteiger partial charge in [0.2, 0.25) is 10.0 Å². The lowest BCUT2D eigenvalue weighted by molar-refractivity contribution is 0.384. The van der Waals surface area contributed by atoms with Gasteiger partial charge in [0.25, 0.3) is 0 Å².